The molecule has 12 aromatic carbocycles. The summed E-state index contributed by atoms with van der Waals surface area (Å²) in [5, 5.41) is 14.5. The predicted octanol–water partition coefficient (Wildman–Crippen LogP) is 17.7. The van der Waals surface area contributed by atoms with E-state index in [1.807, 2.05) is 0 Å². The zero-order valence-corrected chi connectivity index (χ0v) is 39.4. The molecule has 16 aromatic rings. The van der Waals surface area contributed by atoms with Crippen LogP contribution in [0.3, 0.4) is 0 Å². The molecule has 0 aliphatic carbocycles. The molecule has 0 spiro atoms. The lowest BCUT2D eigenvalue weighted by Crippen LogP contribution is -1.99. The van der Waals surface area contributed by atoms with E-state index in [1.54, 1.807) is 0 Å². The van der Waals surface area contributed by atoms with Crippen LogP contribution in [0.1, 0.15) is 0 Å². The normalized spacial score (nSPS) is 12.1. The molecule has 0 saturated heterocycles. The third kappa shape index (κ3) is 5.79. The summed E-state index contributed by atoms with van der Waals surface area (Å²) in [6.07, 6.45) is 0. The molecule has 0 bridgehead atoms. The van der Waals surface area contributed by atoms with Crippen LogP contribution in [0.5, 0.6) is 0 Å². The van der Waals surface area contributed by atoms with E-state index in [1.165, 1.54) is 70.4 Å². The zero-order chi connectivity index (χ0) is 47.7. The SMILES string of the molecule is c1ccc(-n2c3ccccc3c3c4ccc5cc6c(c7ccccc7n6-c6ccccc6)c6c5c4c(cc32)n6-c2cccc(-c3nc(-c4cccc5ccccc45)cc(-c4cccc5ccccc45)n3)c2)cc1. The lowest BCUT2D eigenvalue weighted by atomic mass is 9.97. The first kappa shape index (κ1) is 39.9. The number of hydrogen-bond donors (Lipinski definition) is 0. The Kier molecular flexibility index (Phi) is 8.39. The van der Waals surface area contributed by atoms with Gasteiger partial charge in [0.15, 0.2) is 5.82 Å². The fourth-order valence-electron chi connectivity index (χ4n) is 12.3. The van der Waals surface area contributed by atoms with Crippen molar-refractivity contribution in [2.24, 2.45) is 0 Å². The van der Waals surface area contributed by atoms with Crippen molar-refractivity contribution in [1.29, 1.82) is 0 Å². The molecule has 4 aromatic heterocycles. The van der Waals surface area contributed by atoms with Crippen molar-refractivity contribution in [3.8, 4) is 51.0 Å². The molecule has 0 aliphatic rings. The third-order valence-corrected chi connectivity index (χ3v) is 15.3. The van der Waals surface area contributed by atoms with Gasteiger partial charge < -0.3 is 13.7 Å². The van der Waals surface area contributed by atoms with Gasteiger partial charge in [-0.2, -0.15) is 0 Å². The fraction of sp³-hybridized carbons (Fsp3) is 0. The van der Waals surface area contributed by atoms with Gasteiger partial charge >= 0.3 is 0 Å². The first-order valence-electron chi connectivity index (χ1n) is 25.0. The van der Waals surface area contributed by atoms with Crippen molar-refractivity contribution >= 4 is 97.7 Å². The van der Waals surface area contributed by atoms with Gasteiger partial charge in [0.05, 0.1) is 44.5 Å². The van der Waals surface area contributed by atoms with Crippen LogP contribution in [0.4, 0.5) is 0 Å². The van der Waals surface area contributed by atoms with E-state index in [9.17, 15) is 0 Å². The highest BCUT2D eigenvalue weighted by Gasteiger charge is 2.27. The molecule has 5 heteroatoms. The van der Waals surface area contributed by atoms with Gasteiger partial charge in [0.2, 0.25) is 0 Å². The van der Waals surface area contributed by atoms with Gasteiger partial charge in [0.25, 0.3) is 0 Å². The minimum Gasteiger partial charge on any atom is -0.309 e. The van der Waals surface area contributed by atoms with Crippen LogP contribution >= 0.6 is 0 Å². The summed E-state index contributed by atoms with van der Waals surface area (Å²) >= 11 is 0. The summed E-state index contributed by atoms with van der Waals surface area (Å²) in [4.78, 5) is 11.0. The van der Waals surface area contributed by atoms with Crippen molar-refractivity contribution < 1.29 is 0 Å². The van der Waals surface area contributed by atoms with Gasteiger partial charge in [-0.15, -0.1) is 0 Å². The third-order valence-electron chi connectivity index (χ3n) is 15.3. The minimum atomic E-state index is 0.667. The second kappa shape index (κ2) is 15.3. The van der Waals surface area contributed by atoms with E-state index < -0.39 is 0 Å². The number of benzene rings is 12. The predicted molar refractivity (Wildman–Crippen MR) is 305 cm³/mol. The number of fused-ring (bicyclic) bond motifs is 10. The van der Waals surface area contributed by atoms with E-state index in [0.29, 0.717) is 5.82 Å². The highest BCUT2D eigenvalue weighted by molar-refractivity contribution is 6.38. The second-order valence-electron chi connectivity index (χ2n) is 19.3. The highest BCUT2D eigenvalue weighted by Crippen LogP contribution is 2.50. The first-order chi connectivity index (χ1) is 36.2. The Balaban J connectivity index is 1.04. The summed E-state index contributed by atoms with van der Waals surface area (Å²) in [5.74, 6) is 0.667. The quantitative estimate of drug-likeness (QED) is 0.156. The van der Waals surface area contributed by atoms with Crippen LogP contribution in [0, 0.1) is 0 Å². The molecule has 0 unspecified atom stereocenters. The topological polar surface area (TPSA) is 40.6 Å². The Hall–Kier alpha value is -9.84. The van der Waals surface area contributed by atoms with Gasteiger partial charge in [-0.25, -0.2) is 9.97 Å². The van der Waals surface area contributed by atoms with E-state index in [4.69, 9.17) is 9.97 Å². The molecule has 0 aliphatic heterocycles. The van der Waals surface area contributed by atoms with Crippen LogP contribution in [-0.2, 0) is 0 Å². The van der Waals surface area contributed by atoms with Crippen molar-refractivity contribution in [1.82, 2.24) is 23.7 Å². The summed E-state index contributed by atoms with van der Waals surface area (Å²) < 4.78 is 7.43. The molecule has 0 atom stereocenters. The largest absolute Gasteiger partial charge is 0.309 e. The minimum absolute atomic E-state index is 0.667. The molecule has 0 amide bonds. The van der Waals surface area contributed by atoms with Crippen LogP contribution < -0.4 is 0 Å². The van der Waals surface area contributed by atoms with Gasteiger partial charge in [0, 0.05) is 66.1 Å². The lowest BCUT2D eigenvalue weighted by molar-refractivity contribution is 1.16. The van der Waals surface area contributed by atoms with Gasteiger partial charge in [-0.05, 0) is 99.0 Å². The van der Waals surface area contributed by atoms with Crippen LogP contribution in [0.15, 0.2) is 249 Å². The lowest BCUT2D eigenvalue weighted by Gasteiger charge is -2.14. The zero-order valence-electron chi connectivity index (χ0n) is 39.4. The maximum atomic E-state index is 5.52. The monoisotopic (exact) mass is 927 g/mol. The summed E-state index contributed by atoms with van der Waals surface area (Å²) in [6.45, 7) is 0. The molecular formula is C68H41N5. The molecule has 338 valence electrons. The number of hydrogen-bond acceptors (Lipinski definition) is 2. The smallest absolute Gasteiger partial charge is 0.160 e. The first-order valence-corrected chi connectivity index (χ1v) is 25.0. The Bertz CT molecular complexity index is 4800. The van der Waals surface area contributed by atoms with Gasteiger partial charge in [-0.3, -0.25) is 0 Å². The average molecular weight is 928 g/mol. The number of para-hydroxylation sites is 4. The van der Waals surface area contributed by atoms with Crippen LogP contribution in [0.25, 0.3) is 149 Å². The Morgan fingerprint density at radius 2 is 0.753 bits per heavy atom. The molecule has 0 saturated carbocycles. The molecule has 0 N–H and O–H groups in total. The number of aromatic nitrogens is 5. The standard InChI is InChI=1S/C68H41N5/c1-3-23-46(24-4-1)71-59-35-14-12-31-54(59)66-60(71)39-44-36-37-55-64-53-30-11-13-34-58(53)72(47-25-5-2-6-26-47)61(64)41-62-65(55)63(44)67(66)73(62)48-27-15-22-45(38-48)68-69-56(51-32-16-20-42-18-7-9-28-49(42)51)40-57(70-68)52-33-17-21-43-19-8-10-29-50(43)52/h1-41H. The Labute approximate surface area is 419 Å². The molecular weight excluding hydrogens is 887 g/mol. The van der Waals surface area contributed by atoms with E-state index in [-0.39, 0.29) is 0 Å². The van der Waals surface area contributed by atoms with Gasteiger partial charge in [-0.1, -0.05) is 182 Å². The molecule has 0 fully saturated rings. The summed E-state index contributed by atoms with van der Waals surface area (Å²) in [5.41, 5.74) is 15.1. The maximum absolute atomic E-state index is 5.52. The highest BCUT2D eigenvalue weighted by atomic mass is 15.0. The van der Waals surface area contributed by atoms with Crippen molar-refractivity contribution in [2.75, 3.05) is 0 Å². The average Bonchev–Trinajstić information content (AvgIpc) is 4.11. The van der Waals surface area contributed by atoms with Crippen molar-refractivity contribution in [3.05, 3.63) is 249 Å². The number of nitrogens with zero attached hydrogens (tertiary/aromatic N) is 5. The van der Waals surface area contributed by atoms with Crippen molar-refractivity contribution in [3.63, 3.8) is 0 Å². The van der Waals surface area contributed by atoms with E-state index in [2.05, 4.69) is 262 Å². The fourth-order valence-corrected chi connectivity index (χ4v) is 12.3. The Morgan fingerprint density at radius 3 is 1.38 bits per heavy atom. The number of rotatable bonds is 6. The van der Waals surface area contributed by atoms with Crippen LogP contribution in [-0.4, -0.2) is 23.7 Å². The molecule has 73 heavy (non-hydrogen) atoms. The molecule has 5 nitrogen and oxygen atoms in total. The van der Waals surface area contributed by atoms with Crippen molar-refractivity contribution in [2.45, 2.75) is 0 Å². The maximum Gasteiger partial charge on any atom is 0.160 e. The van der Waals surface area contributed by atoms with E-state index >= 15 is 0 Å². The van der Waals surface area contributed by atoms with E-state index in [0.717, 1.165) is 72.5 Å². The summed E-state index contributed by atoms with van der Waals surface area (Å²) in [6, 6.07) is 90.2. The molecule has 16 rings (SSSR count). The van der Waals surface area contributed by atoms with Crippen LogP contribution in [0.2, 0.25) is 0 Å². The summed E-state index contributed by atoms with van der Waals surface area (Å²) in [7, 11) is 0. The van der Waals surface area contributed by atoms with Gasteiger partial charge in [0.1, 0.15) is 0 Å². The molecule has 0 radical (unpaired) electrons. The molecule has 4 heterocycles. The Morgan fingerprint density at radius 1 is 0.260 bits per heavy atom. The second-order valence-corrected chi connectivity index (χ2v) is 19.3.